The summed E-state index contributed by atoms with van der Waals surface area (Å²) in [5.74, 6) is 1.03. The van der Waals surface area contributed by atoms with Gasteiger partial charge in [-0.3, -0.25) is 4.79 Å². The largest absolute Gasteiger partial charge is 0.494 e. The van der Waals surface area contributed by atoms with Gasteiger partial charge in [-0.2, -0.15) is 0 Å². The quantitative estimate of drug-likeness (QED) is 0.488. The molecule has 0 saturated heterocycles. The summed E-state index contributed by atoms with van der Waals surface area (Å²) in [5, 5.41) is 3.66. The summed E-state index contributed by atoms with van der Waals surface area (Å²) in [4.78, 5) is 22.4. The highest BCUT2D eigenvalue weighted by Gasteiger charge is 2.10. The number of imidazole rings is 1. The van der Waals surface area contributed by atoms with Gasteiger partial charge >= 0.3 is 0 Å². The molecule has 0 saturated carbocycles. The van der Waals surface area contributed by atoms with Gasteiger partial charge in [0, 0.05) is 30.0 Å². The highest BCUT2D eigenvalue weighted by atomic mass is 32.2. The van der Waals surface area contributed by atoms with Crippen molar-refractivity contribution in [3.8, 4) is 5.75 Å². The van der Waals surface area contributed by atoms with Crippen molar-refractivity contribution >= 4 is 40.1 Å². The zero-order valence-electron chi connectivity index (χ0n) is 17.4. The van der Waals surface area contributed by atoms with E-state index in [1.807, 2.05) is 49.4 Å². The lowest BCUT2D eigenvalue weighted by atomic mass is 10.2. The molecule has 1 amide bonds. The molecular weight excluding hydrogens is 384 g/mol. The number of benzene rings is 2. The molecule has 0 aliphatic rings. The Morgan fingerprint density at radius 3 is 2.62 bits per heavy atom. The number of anilines is 2. The van der Waals surface area contributed by atoms with Crippen LogP contribution in [-0.4, -0.2) is 40.8 Å². The minimum absolute atomic E-state index is 0.0607. The van der Waals surface area contributed by atoms with Crippen LogP contribution in [0, 0.1) is 0 Å². The first-order chi connectivity index (χ1) is 14.0. The highest BCUT2D eigenvalue weighted by Crippen LogP contribution is 2.24. The highest BCUT2D eigenvalue weighted by molar-refractivity contribution is 7.99. The molecule has 0 spiro atoms. The van der Waals surface area contributed by atoms with Gasteiger partial charge in [0.2, 0.25) is 5.91 Å². The normalized spacial score (nSPS) is 11.1. The first-order valence-corrected chi connectivity index (χ1v) is 10.9. The number of hydrogen-bond donors (Lipinski definition) is 2. The van der Waals surface area contributed by atoms with Crippen LogP contribution < -0.4 is 15.0 Å². The van der Waals surface area contributed by atoms with Crippen molar-refractivity contribution in [2.75, 3.05) is 29.1 Å². The summed E-state index contributed by atoms with van der Waals surface area (Å²) in [6.45, 7) is 10.0. The van der Waals surface area contributed by atoms with Gasteiger partial charge < -0.3 is 19.9 Å². The Kier molecular flexibility index (Phi) is 7.04. The average molecular weight is 413 g/mol. The topological polar surface area (TPSA) is 70.2 Å². The number of amides is 1. The number of aromatic amines is 1. The lowest BCUT2D eigenvalue weighted by Gasteiger charge is -2.27. The molecule has 1 aromatic heterocycles. The lowest BCUT2D eigenvalue weighted by molar-refractivity contribution is -0.113. The molecule has 7 heteroatoms. The van der Waals surface area contributed by atoms with Crippen molar-refractivity contribution in [3.05, 3.63) is 42.5 Å². The predicted octanol–water partition coefficient (Wildman–Crippen LogP) is 4.93. The predicted molar refractivity (Wildman–Crippen MR) is 121 cm³/mol. The fourth-order valence-electron chi connectivity index (χ4n) is 3.20. The molecular formula is C22H28N4O2S. The minimum Gasteiger partial charge on any atom is -0.494 e. The molecule has 0 atom stereocenters. The number of rotatable bonds is 9. The van der Waals surface area contributed by atoms with Crippen molar-refractivity contribution in [2.45, 2.75) is 38.9 Å². The molecule has 0 aliphatic carbocycles. The van der Waals surface area contributed by atoms with Gasteiger partial charge in [0.15, 0.2) is 5.16 Å². The number of thioether (sulfide) groups is 1. The lowest BCUT2D eigenvalue weighted by Crippen LogP contribution is -2.30. The molecule has 6 nitrogen and oxygen atoms in total. The molecule has 154 valence electrons. The zero-order chi connectivity index (χ0) is 20.8. The molecule has 0 radical (unpaired) electrons. The fraction of sp³-hybridized carbons (Fsp3) is 0.364. The van der Waals surface area contributed by atoms with Crippen molar-refractivity contribution < 1.29 is 9.53 Å². The summed E-state index contributed by atoms with van der Waals surface area (Å²) >= 11 is 1.38. The first-order valence-electron chi connectivity index (χ1n) is 9.92. The van der Waals surface area contributed by atoms with Crippen LogP contribution in [0.1, 0.15) is 27.7 Å². The number of hydrogen-bond acceptors (Lipinski definition) is 5. The summed E-state index contributed by atoms with van der Waals surface area (Å²) in [6, 6.07) is 14.1. The Hall–Kier alpha value is -2.67. The third-order valence-corrected chi connectivity index (χ3v) is 5.40. The van der Waals surface area contributed by atoms with Crippen molar-refractivity contribution in [2.24, 2.45) is 0 Å². The molecule has 29 heavy (non-hydrogen) atoms. The van der Waals surface area contributed by atoms with Gasteiger partial charge in [0.05, 0.1) is 23.4 Å². The monoisotopic (exact) mass is 412 g/mol. The van der Waals surface area contributed by atoms with Crippen LogP contribution in [-0.2, 0) is 4.79 Å². The van der Waals surface area contributed by atoms with E-state index in [4.69, 9.17) is 4.74 Å². The van der Waals surface area contributed by atoms with E-state index in [2.05, 4.69) is 41.0 Å². The van der Waals surface area contributed by atoms with Crippen LogP contribution >= 0.6 is 11.8 Å². The number of nitrogens with one attached hydrogen (secondary N) is 2. The maximum absolute atomic E-state index is 12.3. The van der Waals surface area contributed by atoms with Crippen molar-refractivity contribution in [1.82, 2.24) is 9.97 Å². The van der Waals surface area contributed by atoms with E-state index in [0.717, 1.165) is 39.9 Å². The number of carbonyl (C=O) groups excluding carboxylic acids is 1. The number of nitrogens with zero attached hydrogens (tertiary/aromatic N) is 2. The van der Waals surface area contributed by atoms with Gasteiger partial charge in [-0.1, -0.05) is 11.8 Å². The molecule has 2 aromatic carbocycles. The van der Waals surface area contributed by atoms with E-state index in [1.54, 1.807) is 0 Å². The second kappa shape index (κ2) is 9.69. The smallest absolute Gasteiger partial charge is 0.234 e. The molecule has 0 bridgehead atoms. The SMILES string of the molecule is CCOc1ccc2nc(SCC(=O)Nc3ccc(N(CC)C(C)C)cc3)[nH]c2c1. The summed E-state index contributed by atoms with van der Waals surface area (Å²) in [6.07, 6.45) is 0. The van der Waals surface area contributed by atoms with E-state index in [0.29, 0.717) is 12.6 Å². The van der Waals surface area contributed by atoms with Crippen LogP contribution in [0.3, 0.4) is 0 Å². The zero-order valence-corrected chi connectivity index (χ0v) is 18.2. The van der Waals surface area contributed by atoms with E-state index in [-0.39, 0.29) is 11.7 Å². The van der Waals surface area contributed by atoms with Gasteiger partial charge in [0.1, 0.15) is 5.75 Å². The van der Waals surface area contributed by atoms with Crippen LogP contribution in [0.5, 0.6) is 5.75 Å². The van der Waals surface area contributed by atoms with Crippen LogP contribution in [0.4, 0.5) is 11.4 Å². The van der Waals surface area contributed by atoms with Crippen LogP contribution in [0.15, 0.2) is 47.6 Å². The second-order valence-electron chi connectivity index (χ2n) is 6.92. The first kappa shape index (κ1) is 21.0. The number of fused-ring (bicyclic) bond motifs is 1. The molecule has 0 unspecified atom stereocenters. The number of ether oxygens (including phenoxy) is 1. The number of aromatic nitrogens is 2. The van der Waals surface area contributed by atoms with Crippen molar-refractivity contribution in [1.29, 1.82) is 0 Å². The van der Waals surface area contributed by atoms with Crippen LogP contribution in [0.25, 0.3) is 11.0 Å². The average Bonchev–Trinajstić information content (AvgIpc) is 3.10. The van der Waals surface area contributed by atoms with Gasteiger partial charge in [-0.25, -0.2) is 4.98 Å². The van der Waals surface area contributed by atoms with Crippen molar-refractivity contribution in [3.63, 3.8) is 0 Å². The fourth-order valence-corrected chi connectivity index (χ4v) is 3.89. The maximum Gasteiger partial charge on any atom is 0.234 e. The van der Waals surface area contributed by atoms with E-state index >= 15 is 0 Å². The Morgan fingerprint density at radius 2 is 1.97 bits per heavy atom. The standard InChI is InChI=1S/C22H28N4O2S/c1-5-26(15(3)4)17-9-7-16(8-10-17)23-21(27)14-29-22-24-19-12-11-18(28-6-2)13-20(19)25-22/h7-13,15H,5-6,14H2,1-4H3,(H,23,27)(H,24,25). The summed E-state index contributed by atoms with van der Waals surface area (Å²) in [5.41, 5.74) is 3.71. The van der Waals surface area contributed by atoms with Gasteiger partial charge in [-0.05, 0) is 64.1 Å². The Bertz CT molecular complexity index is 953. The van der Waals surface area contributed by atoms with E-state index in [1.165, 1.54) is 11.8 Å². The third kappa shape index (κ3) is 5.44. The van der Waals surface area contributed by atoms with E-state index in [9.17, 15) is 4.79 Å². The molecule has 3 rings (SSSR count). The molecule has 0 aliphatic heterocycles. The van der Waals surface area contributed by atoms with E-state index < -0.39 is 0 Å². The Balaban J connectivity index is 1.56. The minimum atomic E-state index is -0.0607. The van der Waals surface area contributed by atoms with Gasteiger partial charge in [0.25, 0.3) is 0 Å². The Morgan fingerprint density at radius 1 is 1.21 bits per heavy atom. The Labute approximate surface area is 176 Å². The number of carbonyl (C=O) groups is 1. The molecule has 0 fully saturated rings. The summed E-state index contributed by atoms with van der Waals surface area (Å²) in [7, 11) is 0. The van der Waals surface area contributed by atoms with Gasteiger partial charge in [-0.15, -0.1) is 0 Å². The third-order valence-electron chi connectivity index (χ3n) is 4.53. The molecule has 1 heterocycles. The number of H-pyrrole nitrogens is 1. The molecule has 2 N–H and O–H groups in total. The second-order valence-corrected chi connectivity index (χ2v) is 7.88. The molecule has 3 aromatic rings. The summed E-state index contributed by atoms with van der Waals surface area (Å²) < 4.78 is 5.51. The maximum atomic E-state index is 12.3. The van der Waals surface area contributed by atoms with Crippen LogP contribution in [0.2, 0.25) is 0 Å².